The zero-order valence-corrected chi connectivity index (χ0v) is 17.3. The van der Waals surface area contributed by atoms with Gasteiger partial charge in [-0.3, -0.25) is 9.69 Å². The molecule has 3 nitrogen and oxygen atoms in total. The van der Waals surface area contributed by atoms with E-state index >= 15 is 0 Å². The fourth-order valence-corrected chi connectivity index (χ4v) is 4.85. The van der Waals surface area contributed by atoms with Crippen LogP contribution in [0.4, 0.5) is 0 Å². The van der Waals surface area contributed by atoms with Crippen molar-refractivity contribution in [3.05, 3.63) is 70.7 Å². The molecule has 1 atom stereocenters. The topological polar surface area (TPSA) is 32.3 Å². The van der Waals surface area contributed by atoms with Crippen LogP contribution in [0.2, 0.25) is 5.02 Å². The van der Waals surface area contributed by atoms with Crippen molar-refractivity contribution in [2.75, 3.05) is 13.1 Å². The average molecular weight is 397 g/mol. The van der Waals surface area contributed by atoms with Crippen LogP contribution in [0.3, 0.4) is 0 Å². The van der Waals surface area contributed by atoms with Gasteiger partial charge in [-0.15, -0.1) is 0 Å². The van der Waals surface area contributed by atoms with Crippen LogP contribution in [0.15, 0.2) is 54.6 Å². The minimum atomic E-state index is -0.376. The summed E-state index contributed by atoms with van der Waals surface area (Å²) in [6.07, 6.45) is 4.96. The van der Waals surface area contributed by atoms with Gasteiger partial charge >= 0.3 is 0 Å². The standard InChI is InChI=1S/C24H29ClN2O/c1-18(19-7-3-2-4-8-19)27-15-11-22(12-16-27)26-23(28)24(13-6-14-24)20-9-5-10-21(25)17-20/h2-5,7-10,17-18,22H,6,11-16H2,1H3,(H,26,28). The maximum Gasteiger partial charge on any atom is 0.230 e. The van der Waals surface area contributed by atoms with Crippen LogP contribution in [0, 0.1) is 0 Å². The summed E-state index contributed by atoms with van der Waals surface area (Å²) in [5.41, 5.74) is 2.05. The smallest absolute Gasteiger partial charge is 0.230 e. The van der Waals surface area contributed by atoms with Crippen LogP contribution < -0.4 is 5.32 Å². The highest BCUT2D eigenvalue weighted by atomic mass is 35.5. The Bertz CT molecular complexity index is 810. The number of piperidine rings is 1. The minimum Gasteiger partial charge on any atom is -0.353 e. The molecule has 1 aliphatic heterocycles. The molecule has 1 heterocycles. The number of hydrogen-bond acceptors (Lipinski definition) is 2. The first kappa shape index (κ1) is 19.5. The lowest BCUT2D eigenvalue weighted by Crippen LogP contribution is -2.54. The first-order chi connectivity index (χ1) is 13.6. The van der Waals surface area contributed by atoms with Gasteiger partial charge in [0.15, 0.2) is 0 Å². The maximum absolute atomic E-state index is 13.2. The van der Waals surface area contributed by atoms with Crippen molar-refractivity contribution in [3.63, 3.8) is 0 Å². The number of likely N-dealkylation sites (tertiary alicyclic amines) is 1. The largest absolute Gasteiger partial charge is 0.353 e. The zero-order chi connectivity index (χ0) is 19.6. The Kier molecular flexibility index (Phi) is 5.75. The monoisotopic (exact) mass is 396 g/mol. The molecule has 0 aromatic heterocycles. The predicted molar refractivity (Wildman–Crippen MR) is 115 cm³/mol. The van der Waals surface area contributed by atoms with Crippen molar-refractivity contribution in [1.29, 1.82) is 0 Å². The van der Waals surface area contributed by atoms with E-state index in [1.165, 1.54) is 5.56 Å². The van der Waals surface area contributed by atoms with Gasteiger partial charge in [-0.2, -0.15) is 0 Å². The Hall–Kier alpha value is -1.84. The third kappa shape index (κ3) is 3.83. The summed E-state index contributed by atoms with van der Waals surface area (Å²) in [4.78, 5) is 15.7. The van der Waals surface area contributed by atoms with Crippen LogP contribution in [-0.2, 0) is 10.2 Å². The molecule has 2 aromatic carbocycles. The Morgan fingerprint density at radius 2 is 1.82 bits per heavy atom. The molecule has 1 saturated carbocycles. The van der Waals surface area contributed by atoms with Gasteiger partial charge in [-0.25, -0.2) is 0 Å². The van der Waals surface area contributed by atoms with Crippen molar-refractivity contribution >= 4 is 17.5 Å². The first-order valence-electron chi connectivity index (χ1n) is 10.4. The van der Waals surface area contributed by atoms with Gasteiger partial charge in [0.2, 0.25) is 5.91 Å². The van der Waals surface area contributed by atoms with E-state index in [4.69, 9.17) is 11.6 Å². The van der Waals surface area contributed by atoms with Crippen molar-refractivity contribution in [2.45, 2.75) is 56.5 Å². The Labute approximate surface area is 173 Å². The maximum atomic E-state index is 13.2. The number of benzene rings is 2. The molecule has 148 valence electrons. The zero-order valence-electron chi connectivity index (χ0n) is 16.5. The number of nitrogens with one attached hydrogen (secondary N) is 1. The summed E-state index contributed by atoms with van der Waals surface area (Å²) < 4.78 is 0. The Balaban J connectivity index is 1.36. The van der Waals surface area contributed by atoms with Gasteiger partial charge in [-0.1, -0.05) is 60.5 Å². The van der Waals surface area contributed by atoms with Gasteiger partial charge in [0.25, 0.3) is 0 Å². The Morgan fingerprint density at radius 3 is 2.43 bits per heavy atom. The highest BCUT2D eigenvalue weighted by molar-refractivity contribution is 6.30. The van der Waals surface area contributed by atoms with E-state index in [0.29, 0.717) is 11.1 Å². The van der Waals surface area contributed by atoms with Gasteiger partial charge in [-0.05, 0) is 55.9 Å². The van der Waals surface area contributed by atoms with Crippen LogP contribution in [0.5, 0.6) is 0 Å². The van der Waals surface area contributed by atoms with E-state index in [1.807, 2.05) is 18.2 Å². The average Bonchev–Trinajstić information content (AvgIpc) is 2.68. The normalized spacial score (nSPS) is 20.9. The summed E-state index contributed by atoms with van der Waals surface area (Å²) >= 11 is 6.19. The van der Waals surface area contributed by atoms with Crippen molar-refractivity contribution < 1.29 is 4.79 Å². The third-order valence-corrected chi connectivity index (χ3v) is 6.95. The number of rotatable bonds is 5. The number of carbonyl (C=O) groups is 1. The fraction of sp³-hybridized carbons (Fsp3) is 0.458. The molecule has 2 fully saturated rings. The quantitative estimate of drug-likeness (QED) is 0.762. The summed E-state index contributed by atoms with van der Waals surface area (Å²) in [6.45, 7) is 4.31. The molecule has 0 bridgehead atoms. The lowest BCUT2D eigenvalue weighted by atomic mass is 9.63. The van der Waals surface area contributed by atoms with Crippen LogP contribution in [-0.4, -0.2) is 29.9 Å². The molecule has 4 rings (SSSR count). The van der Waals surface area contributed by atoms with E-state index in [-0.39, 0.29) is 17.4 Å². The number of carbonyl (C=O) groups excluding carboxylic acids is 1. The highest BCUT2D eigenvalue weighted by Gasteiger charge is 2.46. The van der Waals surface area contributed by atoms with E-state index in [0.717, 1.165) is 50.8 Å². The molecule has 1 aliphatic carbocycles. The number of amides is 1. The van der Waals surface area contributed by atoms with E-state index in [1.54, 1.807) is 0 Å². The first-order valence-corrected chi connectivity index (χ1v) is 10.8. The lowest BCUT2D eigenvalue weighted by molar-refractivity contribution is -0.131. The fourth-order valence-electron chi connectivity index (χ4n) is 4.66. The van der Waals surface area contributed by atoms with E-state index in [9.17, 15) is 4.79 Å². The van der Waals surface area contributed by atoms with Gasteiger partial charge in [0.05, 0.1) is 5.41 Å². The third-order valence-electron chi connectivity index (χ3n) is 6.71. The van der Waals surface area contributed by atoms with Crippen LogP contribution >= 0.6 is 11.6 Å². The van der Waals surface area contributed by atoms with Crippen LogP contribution in [0.25, 0.3) is 0 Å². The molecular weight excluding hydrogens is 368 g/mol. The molecule has 0 spiro atoms. The molecule has 1 N–H and O–H groups in total. The number of halogens is 1. The summed E-state index contributed by atoms with van der Waals surface area (Å²) in [5, 5.41) is 4.08. The molecule has 28 heavy (non-hydrogen) atoms. The number of nitrogens with zero attached hydrogens (tertiary/aromatic N) is 1. The predicted octanol–water partition coefficient (Wildman–Crippen LogP) is 5.10. The van der Waals surface area contributed by atoms with Gasteiger partial charge in [0, 0.05) is 30.2 Å². The molecule has 1 unspecified atom stereocenters. The summed E-state index contributed by atoms with van der Waals surface area (Å²) in [6, 6.07) is 19.2. The molecule has 2 aliphatic rings. The minimum absolute atomic E-state index is 0.190. The second kappa shape index (κ2) is 8.26. The summed E-state index contributed by atoms with van der Waals surface area (Å²) in [7, 11) is 0. The second-order valence-electron chi connectivity index (χ2n) is 8.32. The second-order valence-corrected chi connectivity index (χ2v) is 8.75. The highest BCUT2D eigenvalue weighted by Crippen LogP contribution is 2.44. The van der Waals surface area contributed by atoms with Crippen LogP contribution in [0.1, 0.15) is 56.2 Å². The number of hydrogen-bond donors (Lipinski definition) is 1. The molecular formula is C24H29ClN2O. The van der Waals surface area contributed by atoms with E-state index < -0.39 is 0 Å². The molecule has 4 heteroatoms. The molecule has 0 radical (unpaired) electrons. The molecule has 1 saturated heterocycles. The SMILES string of the molecule is CC(c1ccccc1)N1CCC(NC(=O)C2(c3cccc(Cl)c3)CCC2)CC1. The lowest BCUT2D eigenvalue weighted by Gasteiger charge is -2.43. The summed E-state index contributed by atoms with van der Waals surface area (Å²) in [5.74, 6) is 0.190. The van der Waals surface area contributed by atoms with Gasteiger partial charge in [0.1, 0.15) is 0 Å². The van der Waals surface area contributed by atoms with Crippen molar-refractivity contribution in [1.82, 2.24) is 10.2 Å². The van der Waals surface area contributed by atoms with Crippen molar-refractivity contribution in [3.8, 4) is 0 Å². The molecule has 1 amide bonds. The van der Waals surface area contributed by atoms with E-state index in [2.05, 4.69) is 53.5 Å². The Morgan fingerprint density at radius 1 is 1.11 bits per heavy atom. The van der Waals surface area contributed by atoms with Crippen molar-refractivity contribution in [2.24, 2.45) is 0 Å². The van der Waals surface area contributed by atoms with Gasteiger partial charge < -0.3 is 5.32 Å². The molecule has 2 aromatic rings.